The summed E-state index contributed by atoms with van der Waals surface area (Å²) in [5, 5.41) is 10.2. The van der Waals surface area contributed by atoms with Crippen molar-refractivity contribution in [2.24, 2.45) is 0 Å². The molecule has 2 nitrogen and oxygen atoms in total. The average Bonchev–Trinajstić information content (AvgIpc) is 1.98. The van der Waals surface area contributed by atoms with Crippen LogP contribution in [-0.2, 0) is 0 Å². The molecule has 84 heavy (non-hydrogen) atoms. The lowest BCUT2D eigenvalue weighted by Crippen LogP contribution is -1.94. The van der Waals surface area contributed by atoms with Crippen LogP contribution in [-0.4, -0.2) is 9.13 Å². The van der Waals surface area contributed by atoms with Crippen molar-refractivity contribution in [1.29, 1.82) is 0 Å². The van der Waals surface area contributed by atoms with Crippen LogP contribution in [0.5, 0.6) is 0 Å². The van der Waals surface area contributed by atoms with Gasteiger partial charge in [-0.3, -0.25) is 0 Å². The third-order valence-electron chi connectivity index (χ3n) is 17.5. The molecule has 0 saturated carbocycles. The van der Waals surface area contributed by atoms with E-state index >= 15 is 0 Å². The first-order valence-electron chi connectivity index (χ1n) is 29.0. The van der Waals surface area contributed by atoms with Gasteiger partial charge in [-0.25, -0.2) is 0 Å². The van der Waals surface area contributed by atoms with Crippen LogP contribution in [0.25, 0.3) is 166 Å². The lowest BCUT2D eigenvalue weighted by molar-refractivity contribution is 1.18. The number of rotatable bonds is 10. The van der Waals surface area contributed by atoms with Gasteiger partial charge in [-0.15, -0.1) is 0 Å². The van der Waals surface area contributed by atoms with Crippen molar-refractivity contribution in [1.82, 2.24) is 9.13 Å². The summed E-state index contributed by atoms with van der Waals surface area (Å²) in [5.41, 5.74) is 26.0. The van der Waals surface area contributed by atoms with Crippen LogP contribution in [0.4, 0.5) is 0 Å². The lowest BCUT2D eigenvalue weighted by Gasteiger charge is -2.15. The third kappa shape index (κ3) is 7.95. The van der Waals surface area contributed by atoms with Gasteiger partial charge in [0, 0.05) is 32.9 Å². The molecule has 0 fully saturated rings. The van der Waals surface area contributed by atoms with Crippen molar-refractivity contribution < 1.29 is 0 Å². The number of nitrogens with zero attached hydrogens (tertiary/aromatic N) is 2. The molecule has 17 aromatic rings. The Morgan fingerprint density at radius 2 is 0.405 bits per heavy atom. The number of para-hydroxylation sites is 2. The van der Waals surface area contributed by atoms with Crippen LogP contribution in [0.15, 0.2) is 315 Å². The standard InChI is InChI=1S/C82H52N2/c1-5-17-53(18-6-1)59-23-13-25-61(41-59)67-45-65(46-68(49-67)62-26-14-24-60(42-62)54-19-7-2-8-20-54)55-33-35-56(36-34-55)66-47-69(71-43-63-39-37-57-21-15-31-75-79(57)81(63)77(51-71)83(75)73-27-9-3-10-28-73)50-70(48-66)72-44-64-40-38-58-22-16-32-76-80(58)82(64)78(52-72)84(76)74-29-11-4-12-30-74/h1-52H. The molecule has 0 amide bonds. The zero-order chi connectivity index (χ0) is 55.2. The molecule has 0 bridgehead atoms. The zero-order valence-electron chi connectivity index (χ0n) is 45.9. The second-order valence-corrected chi connectivity index (χ2v) is 22.5. The van der Waals surface area contributed by atoms with Gasteiger partial charge in [0.2, 0.25) is 0 Å². The smallest absolute Gasteiger partial charge is 0.0553 e. The van der Waals surface area contributed by atoms with Crippen molar-refractivity contribution >= 4 is 65.2 Å². The molecule has 15 aromatic carbocycles. The Balaban J connectivity index is 0.850. The van der Waals surface area contributed by atoms with E-state index in [9.17, 15) is 0 Å². The van der Waals surface area contributed by atoms with Crippen LogP contribution in [0.2, 0.25) is 0 Å². The molecule has 390 valence electrons. The van der Waals surface area contributed by atoms with Gasteiger partial charge in [-0.1, -0.05) is 206 Å². The number of benzene rings is 15. The molecule has 2 aromatic heterocycles. The van der Waals surface area contributed by atoms with Crippen LogP contribution in [0.1, 0.15) is 0 Å². The fourth-order valence-corrected chi connectivity index (χ4v) is 13.6. The molecular formula is C82H52N2. The van der Waals surface area contributed by atoms with Crippen LogP contribution >= 0.6 is 0 Å². The molecular weight excluding hydrogens is 1010 g/mol. The van der Waals surface area contributed by atoms with Gasteiger partial charge in [0.1, 0.15) is 0 Å². The SMILES string of the molecule is c1ccc(-c2cccc(-c3cc(-c4ccc(-c5cc(-c6cc7ccc8cccc9c8c7c(c6)n9-c6ccccc6)cc(-c6cc7ccc8cccc9c8c7c(c6)n9-c6ccccc6)c5)cc4)cc(-c4cccc(-c5ccccc5)c4)c3)c2)cc1. The highest BCUT2D eigenvalue weighted by molar-refractivity contribution is 6.26. The van der Waals surface area contributed by atoms with Gasteiger partial charge in [0.05, 0.1) is 22.1 Å². The van der Waals surface area contributed by atoms with E-state index in [2.05, 4.69) is 325 Å². The Morgan fingerprint density at radius 1 is 0.143 bits per heavy atom. The maximum absolute atomic E-state index is 2.46. The van der Waals surface area contributed by atoms with E-state index in [-0.39, 0.29) is 0 Å². The minimum absolute atomic E-state index is 1.15. The first-order chi connectivity index (χ1) is 41.6. The number of hydrogen-bond acceptors (Lipinski definition) is 0. The second kappa shape index (κ2) is 19.3. The first kappa shape index (κ1) is 47.7. The maximum Gasteiger partial charge on any atom is 0.0553 e. The van der Waals surface area contributed by atoms with Crippen LogP contribution < -0.4 is 0 Å². The summed E-state index contributed by atoms with van der Waals surface area (Å²) in [6, 6.07) is 117. The number of aromatic nitrogens is 2. The fraction of sp³-hybridized carbons (Fsp3) is 0. The largest absolute Gasteiger partial charge is 0.309 e. The van der Waals surface area contributed by atoms with Crippen molar-refractivity contribution in [3.63, 3.8) is 0 Å². The molecule has 0 N–H and O–H groups in total. The Kier molecular flexibility index (Phi) is 11.0. The van der Waals surface area contributed by atoms with E-state index in [0.29, 0.717) is 0 Å². The topological polar surface area (TPSA) is 9.86 Å². The van der Waals surface area contributed by atoms with Gasteiger partial charge < -0.3 is 9.13 Å². The van der Waals surface area contributed by atoms with Gasteiger partial charge in [0.25, 0.3) is 0 Å². The zero-order valence-corrected chi connectivity index (χ0v) is 45.9. The summed E-state index contributed by atoms with van der Waals surface area (Å²) < 4.78 is 4.92. The quantitative estimate of drug-likeness (QED) is 0.121. The Bertz CT molecular complexity index is 5020. The highest BCUT2D eigenvalue weighted by Crippen LogP contribution is 2.46. The molecule has 0 radical (unpaired) electrons. The Hall–Kier alpha value is -11.1. The summed E-state index contributed by atoms with van der Waals surface area (Å²) in [6.45, 7) is 0. The highest BCUT2D eigenvalue weighted by atomic mass is 15.0. The summed E-state index contributed by atoms with van der Waals surface area (Å²) in [5.74, 6) is 0. The molecule has 0 atom stereocenters. The van der Waals surface area contributed by atoms with Crippen LogP contribution in [0.3, 0.4) is 0 Å². The Labute approximate surface area is 487 Å². The molecule has 0 saturated heterocycles. The van der Waals surface area contributed by atoms with Gasteiger partial charge in [-0.2, -0.15) is 0 Å². The highest BCUT2D eigenvalue weighted by Gasteiger charge is 2.22. The summed E-state index contributed by atoms with van der Waals surface area (Å²) in [6.07, 6.45) is 0. The molecule has 0 aliphatic heterocycles. The van der Waals surface area contributed by atoms with Crippen molar-refractivity contribution in [3.05, 3.63) is 315 Å². The van der Waals surface area contributed by atoms with E-state index in [1.807, 2.05) is 0 Å². The summed E-state index contributed by atoms with van der Waals surface area (Å²) in [7, 11) is 0. The van der Waals surface area contributed by atoms with Crippen LogP contribution in [0, 0.1) is 0 Å². The van der Waals surface area contributed by atoms with E-state index in [0.717, 1.165) is 39.2 Å². The minimum Gasteiger partial charge on any atom is -0.309 e. The van der Waals surface area contributed by atoms with Crippen molar-refractivity contribution in [2.45, 2.75) is 0 Å². The van der Waals surface area contributed by atoms with Crippen molar-refractivity contribution in [2.75, 3.05) is 0 Å². The minimum atomic E-state index is 1.15. The molecule has 0 spiro atoms. The predicted octanol–water partition coefficient (Wildman–Crippen LogP) is 22.4. The fourth-order valence-electron chi connectivity index (χ4n) is 13.6. The molecule has 0 unspecified atom stereocenters. The molecule has 0 aliphatic rings. The maximum atomic E-state index is 2.46. The van der Waals surface area contributed by atoms with Gasteiger partial charge in [-0.05, 0) is 220 Å². The van der Waals surface area contributed by atoms with Crippen molar-refractivity contribution in [3.8, 4) is 100 Å². The molecule has 2 heterocycles. The third-order valence-corrected chi connectivity index (χ3v) is 17.5. The monoisotopic (exact) mass is 1060 g/mol. The van der Waals surface area contributed by atoms with E-state index in [4.69, 9.17) is 0 Å². The van der Waals surface area contributed by atoms with E-state index in [1.54, 1.807) is 0 Å². The average molecular weight is 1070 g/mol. The van der Waals surface area contributed by atoms with Gasteiger partial charge in [0.15, 0.2) is 0 Å². The van der Waals surface area contributed by atoms with E-state index in [1.165, 1.54) is 126 Å². The second-order valence-electron chi connectivity index (χ2n) is 22.5. The summed E-state index contributed by atoms with van der Waals surface area (Å²) >= 11 is 0. The molecule has 17 rings (SSSR count). The number of hydrogen-bond donors (Lipinski definition) is 0. The molecule has 2 heteroatoms. The lowest BCUT2D eigenvalue weighted by atomic mass is 9.89. The normalized spacial score (nSPS) is 11.8. The summed E-state index contributed by atoms with van der Waals surface area (Å²) in [4.78, 5) is 0. The van der Waals surface area contributed by atoms with E-state index < -0.39 is 0 Å². The predicted molar refractivity (Wildman–Crippen MR) is 356 cm³/mol. The van der Waals surface area contributed by atoms with Gasteiger partial charge >= 0.3 is 0 Å². The molecule has 0 aliphatic carbocycles. The Morgan fingerprint density at radius 3 is 0.798 bits per heavy atom. The first-order valence-corrected chi connectivity index (χ1v) is 29.0.